The Morgan fingerprint density at radius 2 is 1.62 bits per heavy atom. The van der Waals surface area contributed by atoms with E-state index in [0.29, 0.717) is 24.3 Å². The van der Waals surface area contributed by atoms with Crippen LogP contribution in [0.5, 0.6) is 17.2 Å². The molecule has 2 aromatic carbocycles. The number of phenolic OH excluding ortho intramolecular Hbond substituents is 1. The molecule has 5 N–H and O–H groups in total. The van der Waals surface area contributed by atoms with Gasteiger partial charge in [0.1, 0.15) is 41.7 Å². The average molecular weight is 406 g/mol. The van der Waals surface area contributed by atoms with Gasteiger partial charge in [-0.2, -0.15) is 0 Å². The fourth-order valence-corrected chi connectivity index (χ4v) is 3.26. The third-order valence-corrected chi connectivity index (χ3v) is 4.89. The zero-order chi connectivity index (χ0) is 21.0. The van der Waals surface area contributed by atoms with E-state index in [9.17, 15) is 25.5 Å². The fraction of sp³-hybridized carbons (Fsp3) is 0.429. The maximum absolute atomic E-state index is 10.2. The third kappa shape index (κ3) is 5.17. The first-order chi connectivity index (χ1) is 13.9. The van der Waals surface area contributed by atoms with E-state index in [2.05, 4.69) is 0 Å². The standard InChI is InChI=1S/C21H26O8/c1-27-15-8-13(6-5-12-3-2-4-14(23)7-12)9-16(10-15)28-21-20(26)19(25)18(24)17(11-22)29-21/h2-4,7-10,17-26H,5-6,11H2,1H3/t17-,18-,19+,20-,21+/m0/s1. The van der Waals surface area contributed by atoms with Crippen molar-refractivity contribution in [2.45, 2.75) is 43.5 Å². The number of hydrogen-bond acceptors (Lipinski definition) is 8. The molecule has 5 atom stereocenters. The van der Waals surface area contributed by atoms with Crippen LogP contribution in [0.3, 0.4) is 0 Å². The average Bonchev–Trinajstić information content (AvgIpc) is 2.72. The summed E-state index contributed by atoms with van der Waals surface area (Å²) in [6, 6.07) is 12.2. The van der Waals surface area contributed by atoms with Crippen LogP contribution in [0.4, 0.5) is 0 Å². The van der Waals surface area contributed by atoms with Gasteiger partial charge in [0.05, 0.1) is 13.7 Å². The van der Waals surface area contributed by atoms with Crippen molar-refractivity contribution in [2.75, 3.05) is 13.7 Å². The molecular weight excluding hydrogens is 380 g/mol. The van der Waals surface area contributed by atoms with Crippen molar-refractivity contribution < 1.29 is 39.7 Å². The molecule has 1 fully saturated rings. The molecule has 3 rings (SSSR count). The lowest BCUT2D eigenvalue weighted by Gasteiger charge is -2.39. The summed E-state index contributed by atoms with van der Waals surface area (Å²) >= 11 is 0. The quantitative estimate of drug-likeness (QED) is 0.446. The number of phenols is 1. The Labute approximate surface area is 168 Å². The Bertz CT molecular complexity index is 809. The van der Waals surface area contributed by atoms with Gasteiger partial charge in [-0.3, -0.25) is 0 Å². The van der Waals surface area contributed by atoms with E-state index in [1.807, 2.05) is 12.1 Å². The molecule has 0 aromatic heterocycles. The summed E-state index contributed by atoms with van der Waals surface area (Å²) in [6.07, 6.45) is -5.44. The molecule has 1 aliphatic rings. The van der Waals surface area contributed by atoms with Gasteiger partial charge >= 0.3 is 0 Å². The smallest absolute Gasteiger partial charge is 0.229 e. The van der Waals surface area contributed by atoms with Gasteiger partial charge in [0, 0.05) is 6.07 Å². The van der Waals surface area contributed by atoms with Crippen molar-refractivity contribution in [1.29, 1.82) is 0 Å². The van der Waals surface area contributed by atoms with E-state index >= 15 is 0 Å². The summed E-state index contributed by atoms with van der Waals surface area (Å²) in [5, 5.41) is 48.8. The molecular formula is C21H26O8. The molecule has 29 heavy (non-hydrogen) atoms. The lowest BCUT2D eigenvalue weighted by atomic mass is 9.99. The summed E-state index contributed by atoms with van der Waals surface area (Å²) < 4.78 is 16.4. The zero-order valence-corrected chi connectivity index (χ0v) is 16.0. The third-order valence-electron chi connectivity index (χ3n) is 4.89. The van der Waals surface area contributed by atoms with E-state index in [-0.39, 0.29) is 5.75 Å². The van der Waals surface area contributed by atoms with Crippen LogP contribution in [-0.2, 0) is 17.6 Å². The first-order valence-corrected chi connectivity index (χ1v) is 9.34. The number of aryl methyl sites for hydroxylation is 2. The zero-order valence-electron chi connectivity index (χ0n) is 16.0. The van der Waals surface area contributed by atoms with Crippen LogP contribution in [-0.4, -0.2) is 70.0 Å². The Morgan fingerprint density at radius 3 is 2.31 bits per heavy atom. The van der Waals surface area contributed by atoms with Crippen LogP contribution >= 0.6 is 0 Å². The molecule has 2 aromatic rings. The number of hydrogen-bond donors (Lipinski definition) is 5. The van der Waals surface area contributed by atoms with Crippen LogP contribution < -0.4 is 9.47 Å². The normalized spacial score (nSPS) is 26.9. The van der Waals surface area contributed by atoms with Gasteiger partial charge in [0.2, 0.25) is 6.29 Å². The van der Waals surface area contributed by atoms with E-state index in [0.717, 1.165) is 11.1 Å². The van der Waals surface area contributed by atoms with Crippen molar-refractivity contribution in [3.63, 3.8) is 0 Å². The number of aliphatic hydroxyl groups excluding tert-OH is 4. The van der Waals surface area contributed by atoms with Crippen LogP contribution in [0.2, 0.25) is 0 Å². The van der Waals surface area contributed by atoms with Crippen molar-refractivity contribution in [1.82, 2.24) is 0 Å². The second-order valence-electron chi connectivity index (χ2n) is 7.00. The van der Waals surface area contributed by atoms with Crippen LogP contribution in [0.25, 0.3) is 0 Å². The van der Waals surface area contributed by atoms with Crippen molar-refractivity contribution in [2.24, 2.45) is 0 Å². The van der Waals surface area contributed by atoms with Gasteiger partial charge in [-0.25, -0.2) is 0 Å². The molecule has 0 spiro atoms. The second-order valence-corrected chi connectivity index (χ2v) is 7.00. The lowest BCUT2D eigenvalue weighted by Crippen LogP contribution is -2.60. The van der Waals surface area contributed by atoms with E-state index in [1.165, 1.54) is 7.11 Å². The summed E-state index contributed by atoms with van der Waals surface area (Å²) in [4.78, 5) is 0. The predicted molar refractivity (Wildman–Crippen MR) is 103 cm³/mol. The van der Waals surface area contributed by atoms with Crippen molar-refractivity contribution in [3.8, 4) is 17.2 Å². The van der Waals surface area contributed by atoms with Gasteiger partial charge in [0.25, 0.3) is 0 Å². The van der Waals surface area contributed by atoms with Crippen LogP contribution in [0.1, 0.15) is 11.1 Å². The summed E-state index contributed by atoms with van der Waals surface area (Å²) in [5.74, 6) is 1.09. The SMILES string of the molecule is COc1cc(CCc2cccc(O)c2)cc(O[C@@H]2O[C@@H](CO)[C@H](O)[C@@H](O)[C@@H]2O)c1. The van der Waals surface area contributed by atoms with E-state index < -0.39 is 37.3 Å². The number of methoxy groups -OCH3 is 1. The Kier molecular flexibility index (Phi) is 6.94. The van der Waals surface area contributed by atoms with Gasteiger partial charge in [-0.1, -0.05) is 12.1 Å². The van der Waals surface area contributed by atoms with Gasteiger partial charge < -0.3 is 39.7 Å². The Morgan fingerprint density at radius 1 is 0.897 bits per heavy atom. The molecule has 1 aliphatic heterocycles. The molecule has 0 aliphatic carbocycles. The Balaban J connectivity index is 1.74. The first-order valence-electron chi connectivity index (χ1n) is 9.34. The molecule has 1 saturated heterocycles. The second kappa shape index (κ2) is 9.43. The molecule has 8 heteroatoms. The maximum atomic E-state index is 10.2. The van der Waals surface area contributed by atoms with Crippen molar-refractivity contribution >= 4 is 0 Å². The summed E-state index contributed by atoms with van der Waals surface area (Å²) in [7, 11) is 1.52. The number of aromatic hydroxyl groups is 1. The highest BCUT2D eigenvalue weighted by atomic mass is 16.7. The maximum Gasteiger partial charge on any atom is 0.229 e. The van der Waals surface area contributed by atoms with Gasteiger partial charge in [0.15, 0.2) is 0 Å². The van der Waals surface area contributed by atoms with Gasteiger partial charge in [-0.05, 0) is 48.2 Å². The highest BCUT2D eigenvalue weighted by Gasteiger charge is 2.44. The van der Waals surface area contributed by atoms with Crippen LogP contribution in [0.15, 0.2) is 42.5 Å². The Hall–Kier alpha value is -2.36. The minimum Gasteiger partial charge on any atom is -0.508 e. The molecule has 158 valence electrons. The fourth-order valence-electron chi connectivity index (χ4n) is 3.26. The number of rotatable bonds is 7. The topological polar surface area (TPSA) is 129 Å². The largest absolute Gasteiger partial charge is 0.508 e. The summed E-state index contributed by atoms with van der Waals surface area (Å²) in [5.41, 5.74) is 1.87. The highest BCUT2D eigenvalue weighted by Crippen LogP contribution is 2.28. The van der Waals surface area contributed by atoms with E-state index in [1.54, 1.807) is 30.3 Å². The molecule has 1 heterocycles. The predicted octanol–water partition coefficient (Wildman–Crippen LogP) is 0.365. The highest BCUT2D eigenvalue weighted by molar-refractivity contribution is 5.39. The van der Waals surface area contributed by atoms with Gasteiger partial charge in [-0.15, -0.1) is 0 Å². The number of benzene rings is 2. The molecule has 0 bridgehead atoms. The minimum atomic E-state index is -1.51. The minimum absolute atomic E-state index is 0.208. The molecule has 0 saturated carbocycles. The lowest BCUT2D eigenvalue weighted by molar-refractivity contribution is -0.277. The number of ether oxygens (including phenoxy) is 3. The number of aliphatic hydroxyl groups is 4. The molecule has 8 nitrogen and oxygen atoms in total. The molecule has 0 amide bonds. The molecule has 0 radical (unpaired) electrons. The first kappa shape index (κ1) is 21.4. The monoisotopic (exact) mass is 406 g/mol. The van der Waals surface area contributed by atoms with Crippen molar-refractivity contribution in [3.05, 3.63) is 53.6 Å². The van der Waals surface area contributed by atoms with Crippen LogP contribution in [0, 0.1) is 0 Å². The van der Waals surface area contributed by atoms with E-state index in [4.69, 9.17) is 14.2 Å². The molecule has 0 unspecified atom stereocenters. The summed E-state index contributed by atoms with van der Waals surface area (Å²) in [6.45, 7) is -0.530.